The lowest BCUT2D eigenvalue weighted by Gasteiger charge is -2.36. The molecule has 2 aromatic rings. The second-order valence-corrected chi connectivity index (χ2v) is 12.6. The Balaban J connectivity index is 1.49. The van der Waals surface area contributed by atoms with Gasteiger partial charge in [0.2, 0.25) is 11.8 Å². The molecule has 2 aliphatic rings. The van der Waals surface area contributed by atoms with Crippen LogP contribution in [0.4, 0.5) is 0 Å². The molecule has 2 fully saturated rings. The number of carbonyl (C=O) groups is 2. The minimum atomic E-state index is -0.773. The monoisotopic (exact) mass is 546 g/mol. The number of aliphatic hydroxyl groups excluding tert-OH is 1. The Labute approximate surface area is 241 Å². The van der Waals surface area contributed by atoms with Gasteiger partial charge in [-0.2, -0.15) is 0 Å². The third-order valence-electron chi connectivity index (χ3n) is 9.23. The maximum Gasteiger partial charge on any atom is 0.226 e. The van der Waals surface area contributed by atoms with Gasteiger partial charge in [0.25, 0.3) is 0 Å². The van der Waals surface area contributed by atoms with Crippen molar-refractivity contribution in [2.45, 2.75) is 96.0 Å². The molecule has 0 aromatic heterocycles. The van der Waals surface area contributed by atoms with Crippen molar-refractivity contribution < 1.29 is 14.7 Å². The molecule has 5 heteroatoms. The fourth-order valence-corrected chi connectivity index (χ4v) is 7.00. The molecule has 0 saturated heterocycles. The van der Waals surface area contributed by atoms with Gasteiger partial charge in [-0.3, -0.25) is 9.59 Å². The molecule has 2 aromatic carbocycles. The van der Waals surface area contributed by atoms with Crippen molar-refractivity contribution in [1.29, 1.82) is 0 Å². The molecule has 218 valence electrons. The molecule has 0 spiro atoms. The summed E-state index contributed by atoms with van der Waals surface area (Å²) in [5.41, 5.74) is 7.92. The van der Waals surface area contributed by atoms with Crippen molar-refractivity contribution in [2.75, 3.05) is 13.1 Å². The van der Waals surface area contributed by atoms with Crippen molar-refractivity contribution in [3.05, 3.63) is 71.8 Å². The van der Waals surface area contributed by atoms with E-state index in [0.29, 0.717) is 31.1 Å². The second kappa shape index (κ2) is 16.0. The van der Waals surface area contributed by atoms with Gasteiger partial charge in [-0.25, -0.2) is 0 Å². The van der Waals surface area contributed by atoms with E-state index in [0.717, 1.165) is 24.2 Å². The van der Waals surface area contributed by atoms with Gasteiger partial charge in [-0.1, -0.05) is 99.2 Å². The minimum Gasteiger partial charge on any atom is -0.393 e. The average Bonchev–Trinajstić information content (AvgIpc) is 2.98. The fourth-order valence-electron chi connectivity index (χ4n) is 7.00. The summed E-state index contributed by atoms with van der Waals surface area (Å²) in [6, 6.07) is 20.0. The van der Waals surface area contributed by atoms with E-state index in [2.05, 4.69) is 17.0 Å². The standard InChI is InChI=1S/C35H50N2O3/c36-34(39)31(21-27-13-5-1-6-14-27)23-33(38)24-32(22-28-15-7-2-8-16-28)35(40)37(25-29-17-9-3-10-18-29)26-30-19-11-4-12-20-30/h1-2,5-8,13-16,29-33,38H,3-4,9-12,17-26H2,(H2,36,39). The summed E-state index contributed by atoms with van der Waals surface area (Å²) in [5, 5.41) is 11.3. The van der Waals surface area contributed by atoms with Gasteiger partial charge < -0.3 is 15.7 Å². The molecule has 0 aliphatic heterocycles. The fraction of sp³-hybridized carbons (Fsp3) is 0.600. The van der Waals surface area contributed by atoms with E-state index >= 15 is 0 Å². The van der Waals surface area contributed by atoms with Crippen LogP contribution in [0.5, 0.6) is 0 Å². The van der Waals surface area contributed by atoms with E-state index in [1.807, 2.05) is 48.5 Å². The van der Waals surface area contributed by atoms with Crippen LogP contribution in [0.3, 0.4) is 0 Å². The summed E-state index contributed by atoms with van der Waals surface area (Å²) in [6.07, 6.45) is 13.4. The van der Waals surface area contributed by atoms with Gasteiger partial charge in [0, 0.05) is 24.9 Å². The zero-order valence-corrected chi connectivity index (χ0v) is 24.3. The van der Waals surface area contributed by atoms with E-state index < -0.39 is 17.9 Å². The molecule has 2 aliphatic carbocycles. The molecular weight excluding hydrogens is 496 g/mol. The number of carbonyl (C=O) groups excluding carboxylic acids is 2. The van der Waals surface area contributed by atoms with Crippen molar-refractivity contribution in [3.8, 4) is 0 Å². The van der Waals surface area contributed by atoms with Gasteiger partial charge in [0.15, 0.2) is 0 Å². The topological polar surface area (TPSA) is 83.6 Å². The smallest absolute Gasteiger partial charge is 0.226 e. The summed E-state index contributed by atoms with van der Waals surface area (Å²) in [5.74, 6) is 0.144. The Morgan fingerprint density at radius 3 is 1.57 bits per heavy atom. The van der Waals surface area contributed by atoms with Crippen LogP contribution in [0.25, 0.3) is 0 Å². The first-order valence-electron chi connectivity index (χ1n) is 15.8. The van der Waals surface area contributed by atoms with E-state index in [4.69, 9.17) is 5.73 Å². The van der Waals surface area contributed by atoms with Gasteiger partial charge in [-0.15, -0.1) is 0 Å². The first kappa shape index (κ1) is 30.3. The Bertz CT molecular complexity index is 995. The molecule has 5 nitrogen and oxygen atoms in total. The van der Waals surface area contributed by atoms with E-state index in [1.54, 1.807) is 0 Å². The van der Waals surface area contributed by atoms with Crippen LogP contribution in [0.15, 0.2) is 60.7 Å². The number of primary amides is 1. The quantitative estimate of drug-likeness (QED) is 0.291. The highest BCUT2D eigenvalue weighted by atomic mass is 16.3. The predicted octanol–water partition coefficient (Wildman–Crippen LogP) is 6.32. The van der Waals surface area contributed by atoms with Crippen LogP contribution in [-0.2, 0) is 22.4 Å². The second-order valence-electron chi connectivity index (χ2n) is 12.6. The molecule has 3 atom stereocenters. The number of rotatable bonds is 14. The molecule has 0 radical (unpaired) electrons. The number of nitrogens with zero attached hydrogens (tertiary/aromatic N) is 1. The van der Waals surface area contributed by atoms with Gasteiger partial charge in [0.1, 0.15) is 0 Å². The van der Waals surface area contributed by atoms with Gasteiger partial charge in [-0.05, 0) is 74.3 Å². The molecule has 3 unspecified atom stereocenters. The number of hydrogen-bond donors (Lipinski definition) is 2. The van der Waals surface area contributed by atoms with Crippen molar-refractivity contribution in [2.24, 2.45) is 29.4 Å². The zero-order valence-electron chi connectivity index (χ0n) is 24.3. The molecule has 4 rings (SSSR count). The van der Waals surface area contributed by atoms with Crippen LogP contribution in [0.1, 0.15) is 88.2 Å². The maximum absolute atomic E-state index is 14.4. The molecule has 0 heterocycles. The van der Waals surface area contributed by atoms with Crippen LogP contribution in [-0.4, -0.2) is 41.0 Å². The lowest BCUT2D eigenvalue weighted by Crippen LogP contribution is -2.44. The summed E-state index contributed by atoms with van der Waals surface area (Å²) < 4.78 is 0. The minimum absolute atomic E-state index is 0.178. The van der Waals surface area contributed by atoms with Crippen LogP contribution < -0.4 is 5.73 Å². The Hall–Kier alpha value is -2.66. The highest BCUT2D eigenvalue weighted by molar-refractivity contribution is 5.79. The van der Waals surface area contributed by atoms with Gasteiger partial charge in [0.05, 0.1) is 6.10 Å². The van der Waals surface area contributed by atoms with Crippen LogP contribution in [0, 0.1) is 23.7 Å². The summed E-state index contributed by atoms with van der Waals surface area (Å²) in [6.45, 7) is 1.68. The summed E-state index contributed by atoms with van der Waals surface area (Å²) >= 11 is 0. The highest BCUT2D eigenvalue weighted by Crippen LogP contribution is 2.30. The van der Waals surface area contributed by atoms with Crippen molar-refractivity contribution in [1.82, 2.24) is 4.90 Å². The normalized spacial score (nSPS) is 19.0. The number of aliphatic hydroxyl groups is 1. The molecule has 0 bridgehead atoms. The van der Waals surface area contributed by atoms with E-state index in [-0.39, 0.29) is 18.2 Å². The molecular formula is C35H50N2O3. The number of nitrogens with two attached hydrogens (primary N) is 1. The van der Waals surface area contributed by atoms with E-state index in [9.17, 15) is 14.7 Å². The maximum atomic E-state index is 14.4. The number of amides is 2. The Kier molecular flexibility index (Phi) is 12.1. The van der Waals surface area contributed by atoms with Crippen LogP contribution >= 0.6 is 0 Å². The average molecular weight is 547 g/mol. The third kappa shape index (κ3) is 9.76. The molecule has 3 N–H and O–H groups in total. The lowest BCUT2D eigenvalue weighted by atomic mass is 9.84. The third-order valence-corrected chi connectivity index (χ3v) is 9.23. The van der Waals surface area contributed by atoms with Gasteiger partial charge >= 0.3 is 0 Å². The molecule has 2 saturated carbocycles. The molecule has 40 heavy (non-hydrogen) atoms. The Morgan fingerprint density at radius 2 is 1.12 bits per heavy atom. The first-order valence-corrected chi connectivity index (χ1v) is 15.8. The highest BCUT2D eigenvalue weighted by Gasteiger charge is 2.32. The van der Waals surface area contributed by atoms with Crippen molar-refractivity contribution >= 4 is 11.8 Å². The molecule has 2 amide bonds. The SMILES string of the molecule is NC(=O)C(Cc1ccccc1)CC(O)CC(Cc1ccccc1)C(=O)N(CC1CCCCC1)CC1CCCCC1. The summed E-state index contributed by atoms with van der Waals surface area (Å²) in [4.78, 5) is 28.9. The summed E-state index contributed by atoms with van der Waals surface area (Å²) in [7, 11) is 0. The zero-order chi connectivity index (χ0) is 28.2. The lowest BCUT2D eigenvalue weighted by molar-refractivity contribution is -0.138. The number of hydrogen-bond acceptors (Lipinski definition) is 3. The van der Waals surface area contributed by atoms with Crippen molar-refractivity contribution in [3.63, 3.8) is 0 Å². The first-order chi connectivity index (χ1) is 19.5. The number of benzene rings is 2. The van der Waals surface area contributed by atoms with Crippen LogP contribution in [0.2, 0.25) is 0 Å². The van der Waals surface area contributed by atoms with E-state index in [1.165, 1.54) is 64.2 Å². The Morgan fingerprint density at radius 1 is 0.700 bits per heavy atom. The largest absolute Gasteiger partial charge is 0.393 e. The predicted molar refractivity (Wildman–Crippen MR) is 161 cm³/mol.